The summed E-state index contributed by atoms with van der Waals surface area (Å²) in [5, 5.41) is 0. The fourth-order valence-electron chi connectivity index (χ4n) is 3.54. The maximum Gasteiger partial charge on any atom is 0.243 e. The van der Waals surface area contributed by atoms with E-state index in [9.17, 15) is 8.42 Å². The minimum Gasteiger partial charge on any atom is -0.497 e. The quantitative estimate of drug-likeness (QED) is 0.380. The lowest BCUT2D eigenvalue weighted by atomic mass is 9.96. The molecule has 3 aromatic rings. The number of hydrogen-bond acceptors (Lipinski definition) is 4. The molecule has 0 amide bonds. The van der Waals surface area contributed by atoms with E-state index in [1.54, 1.807) is 38.5 Å². The van der Waals surface area contributed by atoms with Crippen molar-refractivity contribution in [1.82, 2.24) is 4.31 Å². The number of benzene rings is 3. The van der Waals surface area contributed by atoms with Crippen LogP contribution in [0.15, 0.2) is 83.8 Å². The van der Waals surface area contributed by atoms with E-state index in [0.717, 1.165) is 33.8 Å². The lowest BCUT2D eigenvalue weighted by Crippen LogP contribution is -2.32. The van der Waals surface area contributed by atoms with E-state index in [-0.39, 0.29) is 18.0 Å². The number of ether oxygens (including phenoxy) is 2. The molecule has 0 spiro atoms. The highest BCUT2D eigenvalue weighted by molar-refractivity contribution is 7.89. The van der Waals surface area contributed by atoms with E-state index in [2.05, 4.69) is 5.92 Å². The van der Waals surface area contributed by atoms with Crippen LogP contribution in [0.4, 0.5) is 0 Å². The molecule has 0 aliphatic rings. The summed E-state index contributed by atoms with van der Waals surface area (Å²) in [4.78, 5) is 0.239. The molecule has 6 heteroatoms. The summed E-state index contributed by atoms with van der Waals surface area (Å²) in [5.74, 6) is 4.01. The van der Waals surface area contributed by atoms with Gasteiger partial charge in [-0.1, -0.05) is 54.0 Å². The summed E-state index contributed by atoms with van der Waals surface area (Å²) in [6.07, 6.45) is 8.03. The Kier molecular flexibility index (Phi) is 8.53. The number of sulfonamides is 1. The van der Waals surface area contributed by atoms with Crippen molar-refractivity contribution in [2.45, 2.75) is 18.2 Å². The number of terminal acetylenes is 1. The van der Waals surface area contributed by atoms with Crippen LogP contribution in [0, 0.1) is 19.3 Å². The normalized spacial score (nSPS) is 11.0. The van der Waals surface area contributed by atoms with E-state index < -0.39 is 10.0 Å². The van der Waals surface area contributed by atoms with Crippen molar-refractivity contribution in [3.63, 3.8) is 0 Å². The van der Waals surface area contributed by atoms with Gasteiger partial charge in [0.25, 0.3) is 0 Å². The smallest absolute Gasteiger partial charge is 0.243 e. The van der Waals surface area contributed by atoms with Gasteiger partial charge in [-0.3, -0.25) is 0 Å². The monoisotopic (exact) mass is 475 g/mol. The Balaban J connectivity index is 1.90. The van der Waals surface area contributed by atoms with Crippen LogP contribution >= 0.6 is 0 Å². The molecule has 0 heterocycles. The second-order valence-electron chi connectivity index (χ2n) is 7.72. The van der Waals surface area contributed by atoms with Gasteiger partial charge in [-0.15, -0.1) is 6.42 Å². The SMILES string of the molecule is C#CCN(CCC=C(c1ccc(OC)cc1)c1ccc(OC)cc1)S(=O)(=O)c1ccc(C)cc1. The molecule has 3 rings (SSSR count). The Morgan fingerprint density at radius 2 is 1.38 bits per heavy atom. The van der Waals surface area contributed by atoms with Crippen molar-refractivity contribution >= 4 is 15.6 Å². The number of aryl methyl sites for hydroxylation is 1. The minimum absolute atomic E-state index is 0.00442. The average molecular weight is 476 g/mol. The Morgan fingerprint density at radius 3 is 1.82 bits per heavy atom. The highest BCUT2D eigenvalue weighted by atomic mass is 32.2. The topological polar surface area (TPSA) is 55.8 Å². The van der Waals surface area contributed by atoms with Crippen molar-refractivity contribution in [3.8, 4) is 23.8 Å². The van der Waals surface area contributed by atoms with Crippen molar-refractivity contribution in [2.24, 2.45) is 0 Å². The summed E-state index contributed by atoms with van der Waals surface area (Å²) in [6.45, 7) is 2.18. The second-order valence-corrected chi connectivity index (χ2v) is 9.66. The molecule has 0 aromatic heterocycles. The van der Waals surface area contributed by atoms with Crippen molar-refractivity contribution in [2.75, 3.05) is 27.3 Å². The van der Waals surface area contributed by atoms with E-state index >= 15 is 0 Å². The molecule has 0 N–H and O–H groups in total. The minimum atomic E-state index is -3.70. The summed E-state index contributed by atoms with van der Waals surface area (Å²) in [5.41, 5.74) is 3.97. The van der Waals surface area contributed by atoms with Gasteiger partial charge in [-0.25, -0.2) is 8.42 Å². The van der Waals surface area contributed by atoms with Gasteiger partial charge in [-0.2, -0.15) is 4.31 Å². The zero-order valence-electron chi connectivity index (χ0n) is 19.7. The van der Waals surface area contributed by atoms with Gasteiger partial charge in [0.05, 0.1) is 25.7 Å². The molecule has 0 atom stereocenters. The number of rotatable bonds is 10. The van der Waals surface area contributed by atoms with Gasteiger partial charge >= 0.3 is 0 Å². The van der Waals surface area contributed by atoms with Crippen LogP contribution in [0.3, 0.4) is 0 Å². The largest absolute Gasteiger partial charge is 0.497 e. The predicted molar refractivity (Wildman–Crippen MR) is 136 cm³/mol. The van der Waals surface area contributed by atoms with Crippen molar-refractivity contribution < 1.29 is 17.9 Å². The molecule has 5 nitrogen and oxygen atoms in total. The van der Waals surface area contributed by atoms with Crippen LogP contribution in [0.2, 0.25) is 0 Å². The van der Waals surface area contributed by atoms with E-state index in [1.807, 2.05) is 61.5 Å². The Morgan fingerprint density at radius 1 is 0.882 bits per heavy atom. The van der Waals surface area contributed by atoms with Gasteiger partial charge in [-0.05, 0) is 66.4 Å². The van der Waals surface area contributed by atoms with Crippen LogP contribution in [0.25, 0.3) is 5.57 Å². The average Bonchev–Trinajstić information content (AvgIpc) is 2.86. The zero-order valence-corrected chi connectivity index (χ0v) is 20.5. The third kappa shape index (κ3) is 6.07. The third-order valence-electron chi connectivity index (χ3n) is 5.46. The first-order valence-electron chi connectivity index (χ1n) is 10.9. The molecule has 3 aromatic carbocycles. The van der Waals surface area contributed by atoms with Crippen LogP contribution < -0.4 is 9.47 Å². The van der Waals surface area contributed by atoms with Crippen molar-refractivity contribution in [3.05, 3.63) is 95.6 Å². The molecule has 0 fully saturated rings. The molecular weight excluding hydrogens is 446 g/mol. The first kappa shape index (κ1) is 25.1. The van der Waals surface area contributed by atoms with Gasteiger partial charge in [0.2, 0.25) is 10.0 Å². The van der Waals surface area contributed by atoms with E-state index in [1.165, 1.54) is 4.31 Å². The fraction of sp³-hybridized carbons (Fsp3) is 0.214. The van der Waals surface area contributed by atoms with E-state index in [0.29, 0.717) is 6.42 Å². The molecule has 0 aliphatic carbocycles. The van der Waals surface area contributed by atoms with Crippen LogP contribution in [0.1, 0.15) is 23.1 Å². The summed E-state index contributed by atoms with van der Waals surface area (Å²) in [7, 11) is -0.439. The summed E-state index contributed by atoms with van der Waals surface area (Å²) < 4.78 is 38.3. The number of nitrogens with zero attached hydrogens (tertiary/aromatic N) is 1. The highest BCUT2D eigenvalue weighted by Gasteiger charge is 2.23. The molecular formula is C28H29NO4S. The number of methoxy groups -OCH3 is 2. The second kappa shape index (κ2) is 11.6. The lowest BCUT2D eigenvalue weighted by Gasteiger charge is -2.20. The van der Waals surface area contributed by atoms with Gasteiger partial charge in [0, 0.05) is 6.54 Å². The Hall–Kier alpha value is -3.53. The standard InChI is InChI=1S/C28H29NO4S/c1-5-20-29(34(30,31)27-18-8-22(2)9-19-27)21-6-7-28(23-10-14-25(32-3)15-11-23)24-12-16-26(33-4)17-13-24/h1,7-19H,6,20-21H2,2-4H3. The van der Waals surface area contributed by atoms with Crippen molar-refractivity contribution in [1.29, 1.82) is 0 Å². The van der Waals surface area contributed by atoms with Gasteiger partial charge in [0.15, 0.2) is 0 Å². The molecule has 0 saturated carbocycles. The maximum absolute atomic E-state index is 13.2. The van der Waals surface area contributed by atoms with Crippen LogP contribution in [-0.4, -0.2) is 40.0 Å². The van der Waals surface area contributed by atoms with Gasteiger partial charge in [0.1, 0.15) is 11.5 Å². The molecule has 34 heavy (non-hydrogen) atoms. The molecule has 0 radical (unpaired) electrons. The maximum atomic E-state index is 13.2. The summed E-state index contributed by atoms with van der Waals surface area (Å²) in [6, 6.07) is 22.3. The zero-order chi connectivity index (χ0) is 24.6. The Bertz CT molecular complexity index is 1200. The molecule has 0 aliphatic heterocycles. The number of hydrogen-bond donors (Lipinski definition) is 0. The fourth-order valence-corrected chi connectivity index (χ4v) is 4.91. The first-order chi connectivity index (χ1) is 16.4. The van der Waals surface area contributed by atoms with Gasteiger partial charge < -0.3 is 9.47 Å². The molecule has 0 saturated heterocycles. The molecule has 176 valence electrons. The van der Waals surface area contributed by atoms with Crippen LogP contribution in [-0.2, 0) is 10.0 Å². The molecule has 0 bridgehead atoms. The van der Waals surface area contributed by atoms with Crippen LogP contribution in [0.5, 0.6) is 11.5 Å². The lowest BCUT2D eigenvalue weighted by molar-refractivity contribution is 0.414. The van der Waals surface area contributed by atoms with E-state index in [4.69, 9.17) is 15.9 Å². The molecule has 0 unspecified atom stereocenters. The predicted octanol–water partition coefficient (Wildman–Crippen LogP) is 5.16. The first-order valence-corrected chi connectivity index (χ1v) is 12.3. The summed E-state index contributed by atoms with van der Waals surface area (Å²) >= 11 is 0. The third-order valence-corrected chi connectivity index (χ3v) is 7.31. The highest BCUT2D eigenvalue weighted by Crippen LogP contribution is 2.28. The Labute approximate surface area is 202 Å².